The van der Waals surface area contributed by atoms with Crippen molar-refractivity contribution < 1.29 is 32.2 Å². The number of benzene rings is 1. The van der Waals surface area contributed by atoms with Crippen LogP contribution in [0.5, 0.6) is 0 Å². The Kier molecular flexibility index (Phi) is 3.95. The fourth-order valence-corrected chi connectivity index (χ4v) is 2.08. The minimum Gasteiger partial charge on any atom is -0.419 e. The van der Waals surface area contributed by atoms with Gasteiger partial charge in [-0.05, 0) is 18.2 Å². The smallest absolute Gasteiger partial charge is 0.417 e. The predicted molar refractivity (Wildman–Crippen MR) is 70.7 cm³/mol. The Balaban J connectivity index is 2.55. The third-order valence-electron chi connectivity index (χ3n) is 2.76. The van der Waals surface area contributed by atoms with Crippen molar-refractivity contribution >= 4 is 29.6 Å². The first-order valence-corrected chi connectivity index (χ1v) is 6.43. The van der Waals surface area contributed by atoms with E-state index in [0.717, 1.165) is 18.2 Å². The summed E-state index contributed by atoms with van der Waals surface area (Å²) >= 11 is 5.76. The lowest BCUT2D eigenvalue weighted by Crippen LogP contribution is -2.41. The third-order valence-corrected chi connectivity index (χ3v) is 3.09. The van der Waals surface area contributed by atoms with E-state index in [2.05, 4.69) is 0 Å². The fourth-order valence-electron chi connectivity index (χ4n) is 1.85. The van der Waals surface area contributed by atoms with Crippen LogP contribution in [-0.4, -0.2) is 17.7 Å². The van der Waals surface area contributed by atoms with Crippen LogP contribution in [0.2, 0.25) is 5.02 Å². The van der Waals surface area contributed by atoms with Crippen molar-refractivity contribution in [2.75, 3.05) is 0 Å². The molecule has 22 heavy (non-hydrogen) atoms. The third kappa shape index (κ3) is 3.24. The molecule has 1 aliphatic rings. The number of esters is 2. The van der Waals surface area contributed by atoms with Crippen molar-refractivity contribution in [1.29, 1.82) is 0 Å². The minimum atomic E-state index is -4.70. The average molecular weight is 335 g/mol. The van der Waals surface area contributed by atoms with Gasteiger partial charge in [-0.15, -0.1) is 0 Å². The van der Waals surface area contributed by atoms with Crippen LogP contribution >= 0.6 is 11.6 Å². The Labute approximate surface area is 128 Å². The summed E-state index contributed by atoms with van der Waals surface area (Å²) in [7, 11) is 0. The van der Waals surface area contributed by atoms with E-state index in [-0.39, 0.29) is 5.02 Å². The molecule has 1 heterocycles. The van der Waals surface area contributed by atoms with Crippen LogP contribution in [0.4, 0.5) is 13.2 Å². The largest absolute Gasteiger partial charge is 0.419 e. The first kappa shape index (κ1) is 16.4. The van der Waals surface area contributed by atoms with Crippen molar-refractivity contribution in [2.45, 2.75) is 25.8 Å². The van der Waals surface area contributed by atoms with Gasteiger partial charge in [-0.2, -0.15) is 13.2 Å². The van der Waals surface area contributed by atoms with Crippen LogP contribution in [-0.2, 0) is 25.2 Å². The van der Waals surface area contributed by atoms with E-state index in [4.69, 9.17) is 21.1 Å². The quantitative estimate of drug-likeness (QED) is 0.447. The van der Waals surface area contributed by atoms with Crippen molar-refractivity contribution in [3.05, 3.63) is 39.9 Å². The van der Waals surface area contributed by atoms with E-state index in [1.54, 1.807) is 0 Å². The predicted octanol–water partition coefficient (Wildman–Crippen LogP) is 3.58. The lowest BCUT2D eigenvalue weighted by Gasteiger charge is -2.29. The second-order valence-corrected chi connectivity index (χ2v) is 5.34. The van der Waals surface area contributed by atoms with Crippen LogP contribution in [0.15, 0.2) is 23.8 Å². The molecule has 0 bridgehead atoms. The second-order valence-electron chi connectivity index (χ2n) is 4.94. The van der Waals surface area contributed by atoms with Crippen LogP contribution < -0.4 is 0 Å². The lowest BCUT2D eigenvalue weighted by atomic mass is 10.0. The Morgan fingerprint density at radius 1 is 1.14 bits per heavy atom. The van der Waals surface area contributed by atoms with E-state index in [0.29, 0.717) is 0 Å². The Morgan fingerprint density at radius 3 is 2.18 bits per heavy atom. The molecule has 0 aromatic heterocycles. The highest BCUT2D eigenvalue weighted by molar-refractivity contribution is 6.32. The monoisotopic (exact) mass is 334 g/mol. The molecule has 1 aliphatic heterocycles. The highest BCUT2D eigenvalue weighted by atomic mass is 35.5. The zero-order valence-electron chi connectivity index (χ0n) is 11.5. The van der Waals surface area contributed by atoms with E-state index in [9.17, 15) is 22.8 Å². The van der Waals surface area contributed by atoms with Crippen molar-refractivity contribution in [1.82, 2.24) is 0 Å². The molecule has 0 amide bonds. The summed E-state index contributed by atoms with van der Waals surface area (Å²) < 4.78 is 48.6. The lowest BCUT2D eigenvalue weighted by molar-refractivity contribution is -0.222. The van der Waals surface area contributed by atoms with Crippen molar-refractivity contribution in [2.24, 2.45) is 0 Å². The zero-order valence-corrected chi connectivity index (χ0v) is 12.2. The molecule has 0 radical (unpaired) electrons. The van der Waals surface area contributed by atoms with Crippen molar-refractivity contribution in [3.8, 4) is 0 Å². The van der Waals surface area contributed by atoms with Gasteiger partial charge in [-0.1, -0.05) is 17.7 Å². The van der Waals surface area contributed by atoms with Gasteiger partial charge in [0.1, 0.15) is 5.57 Å². The molecule has 1 fully saturated rings. The summed E-state index contributed by atoms with van der Waals surface area (Å²) in [6.07, 6.45) is -3.97. The number of hydrogen-bond acceptors (Lipinski definition) is 4. The normalized spacial score (nSPS) is 17.8. The number of carbonyl (C=O) groups excluding carboxylic acids is 2. The first-order valence-electron chi connectivity index (χ1n) is 6.05. The number of alkyl halides is 3. The Bertz CT molecular complexity index is 655. The van der Waals surface area contributed by atoms with Crippen LogP contribution in [0, 0.1) is 0 Å². The number of ether oxygens (including phenoxy) is 2. The van der Waals surface area contributed by atoms with E-state index in [1.165, 1.54) is 19.9 Å². The number of halogens is 4. The van der Waals surface area contributed by atoms with E-state index >= 15 is 0 Å². The maximum atomic E-state index is 13.0. The van der Waals surface area contributed by atoms with E-state index < -0.39 is 40.6 Å². The van der Waals surface area contributed by atoms with E-state index in [1.807, 2.05) is 0 Å². The minimum absolute atomic E-state index is 0.257. The second kappa shape index (κ2) is 5.31. The molecule has 1 aromatic carbocycles. The molecule has 0 saturated carbocycles. The summed E-state index contributed by atoms with van der Waals surface area (Å²) in [5, 5.41) is -0.257. The summed E-state index contributed by atoms with van der Waals surface area (Å²) in [6, 6.07) is 3.13. The zero-order chi connectivity index (χ0) is 16.7. The molecule has 0 aliphatic carbocycles. The molecule has 1 saturated heterocycles. The fraction of sp³-hybridized carbons (Fsp3) is 0.286. The summed E-state index contributed by atoms with van der Waals surface area (Å²) in [6.45, 7) is 2.66. The number of carbonyl (C=O) groups is 2. The molecule has 1 aromatic rings. The highest BCUT2D eigenvalue weighted by Gasteiger charge is 2.40. The van der Waals surface area contributed by atoms with Gasteiger partial charge in [0.25, 0.3) is 5.79 Å². The van der Waals surface area contributed by atoms with Gasteiger partial charge < -0.3 is 9.47 Å². The number of hydrogen-bond donors (Lipinski definition) is 0. The molecule has 0 atom stereocenters. The molecule has 4 nitrogen and oxygen atoms in total. The molecule has 0 spiro atoms. The molecule has 2 rings (SSSR count). The summed E-state index contributed by atoms with van der Waals surface area (Å²) in [5.41, 5.74) is -2.23. The highest BCUT2D eigenvalue weighted by Crippen LogP contribution is 2.37. The number of cyclic esters (lactones) is 2. The molecule has 8 heteroatoms. The van der Waals surface area contributed by atoms with Gasteiger partial charge in [0, 0.05) is 24.4 Å². The molecular formula is C14H10ClF3O4. The first-order chi connectivity index (χ1) is 10.0. The molecular weight excluding hydrogens is 325 g/mol. The average Bonchev–Trinajstić information content (AvgIpc) is 2.32. The topological polar surface area (TPSA) is 52.6 Å². The van der Waals surface area contributed by atoms with Gasteiger partial charge in [0.2, 0.25) is 0 Å². The maximum Gasteiger partial charge on any atom is 0.417 e. The maximum absolute atomic E-state index is 13.0. The Hall–Kier alpha value is -2.02. The number of rotatable bonds is 1. The Morgan fingerprint density at radius 2 is 1.68 bits per heavy atom. The van der Waals surface area contributed by atoms with Gasteiger partial charge in [0.15, 0.2) is 0 Å². The molecule has 118 valence electrons. The standard InChI is InChI=1S/C14H10ClF3O4/c1-13(2)21-11(19)8(12(20)22-13)6-7-9(14(16,17)18)4-3-5-10(7)15/h3-6H,1-2H3. The molecule has 0 N–H and O–H groups in total. The van der Waals surface area contributed by atoms with Crippen LogP contribution in [0.1, 0.15) is 25.0 Å². The SMILES string of the molecule is CC1(C)OC(=O)C(=Cc2c(Cl)cccc2C(F)(F)F)C(=O)O1. The van der Waals surface area contributed by atoms with Gasteiger partial charge in [-0.25, -0.2) is 9.59 Å². The van der Waals surface area contributed by atoms with Crippen molar-refractivity contribution in [3.63, 3.8) is 0 Å². The summed E-state index contributed by atoms with van der Waals surface area (Å²) in [4.78, 5) is 23.6. The van der Waals surface area contributed by atoms with Gasteiger partial charge >= 0.3 is 18.1 Å². The molecule has 0 unspecified atom stereocenters. The van der Waals surface area contributed by atoms with Gasteiger partial charge in [0.05, 0.1) is 5.56 Å². The summed E-state index contributed by atoms with van der Waals surface area (Å²) in [5.74, 6) is -3.62. The van der Waals surface area contributed by atoms with Crippen LogP contribution in [0.25, 0.3) is 6.08 Å². The van der Waals surface area contributed by atoms with Gasteiger partial charge in [-0.3, -0.25) is 0 Å². The van der Waals surface area contributed by atoms with Crippen LogP contribution in [0.3, 0.4) is 0 Å².